The van der Waals surface area contributed by atoms with E-state index in [1.807, 2.05) is 6.07 Å². The third kappa shape index (κ3) is 7.75. The van der Waals surface area contributed by atoms with E-state index in [0.717, 1.165) is 25.7 Å². The van der Waals surface area contributed by atoms with Gasteiger partial charge >= 0.3 is 7.12 Å². The number of unbranched alkanes of at least 4 members (excludes halogenated alkanes) is 6. The molecule has 0 radical (unpaired) electrons. The van der Waals surface area contributed by atoms with Gasteiger partial charge in [-0.1, -0.05) is 58.4 Å². The first kappa shape index (κ1) is 19.9. The van der Waals surface area contributed by atoms with Crippen LogP contribution in [0.4, 0.5) is 0 Å². The summed E-state index contributed by atoms with van der Waals surface area (Å²) >= 11 is 0. The summed E-state index contributed by atoms with van der Waals surface area (Å²) in [4.78, 5) is 0. The van der Waals surface area contributed by atoms with E-state index in [-0.39, 0.29) is 0 Å². The van der Waals surface area contributed by atoms with Crippen LogP contribution in [-0.2, 0) is 0 Å². The molecule has 0 aliphatic carbocycles. The average Bonchev–Trinajstić information content (AvgIpc) is 2.54. The third-order valence-electron chi connectivity index (χ3n) is 3.80. The zero-order valence-electron chi connectivity index (χ0n) is 14.6. The fourth-order valence-corrected chi connectivity index (χ4v) is 2.45. The quantitative estimate of drug-likeness (QED) is 0.432. The molecule has 1 aromatic carbocycles. The minimum atomic E-state index is -1.59. The molecule has 0 spiro atoms. The molecule has 130 valence electrons. The van der Waals surface area contributed by atoms with Crippen LogP contribution in [0.25, 0.3) is 0 Å². The number of hydrogen-bond acceptors (Lipinski definition) is 4. The van der Waals surface area contributed by atoms with E-state index < -0.39 is 7.12 Å². The predicted octanol–water partition coefficient (Wildman–Crippen LogP) is 3.28. The van der Waals surface area contributed by atoms with Crippen LogP contribution in [0.15, 0.2) is 18.2 Å². The van der Waals surface area contributed by atoms with Gasteiger partial charge in [-0.05, 0) is 25.0 Å². The molecule has 5 heteroatoms. The van der Waals surface area contributed by atoms with Gasteiger partial charge in [-0.25, -0.2) is 0 Å². The van der Waals surface area contributed by atoms with Crippen molar-refractivity contribution >= 4 is 12.6 Å². The highest BCUT2D eigenvalue weighted by Crippen LogP contribution is 2.18. The van der Waals surface area contributed by atoms with Crippen molar-refractivity contribution in [3.8, 4) is 11.5 Å². The first-order valence-corrected chi connectivity index (χ1v) is 8.95. The van der Waals surface area contributed by atoms with Gasteiger partial charge in [-0.3, -0.25) is 0 Å². The van der Waals surface area contributed by atoms with E-state index in [1.54, 1.807) is 12.1 Å². The molecule has 23 heavy (non-hydrogen) atoms. The Kier molecular flexibility index (Phi) is 10.6. The summed E-state index contributed by atoms with van der Waals surface area (Å²) in [5.74, 6) is 1.00. The summed E-state index contributed by atoms with van der Waals surface area (Å²) in [6.45, 7) is 5.50. The van der Waals surface area contributed by atoms with Gasteiger partial charge in [0.2, 0.25) is 0 Å². The highest BCUT2D eigenvalue weighted by atomic mass is 16.5. The maximum Gasteiger partial charge on any atom is 0.496 e. The Hall–Kier alpha value is -1.20. The van der Waals surface area contributed by atoms with Crippen LogP contribution < -0.4 is 14.9 Å². The molecule has 0 bridgehead atoms. The Morgan fingerprint density at radius 1 is 0.783 bits per heavy atom. The Balaban J connectivity index is 2.58. The van der Waals surface area contributed by atoms with Crippen molar-refractivity contribution in [3.63, 3.8) is 0 Å². The molecule has 0 heterocycles. The highest BCUT2D eigenvalue weighted by Gasteiger charge is 2.22. The second-order valence-corrected chi connectivity index (χ2v) is 5.86. The lowest BCUT2D eigenvalue weighted by Crippen LogP contribution is -2.33. The number of hydrogen-bond donors (Lipinski definition) is 2. The van der Waals surface area contributed by atoms with E-state index in [0.29, 0.717) is 30.2 Å². The summed E-state index contributed by atoms with van der Waals surface area (Å²) in [6.07, 6.45) is 8.94. The molecule has 2 N–H and O–H groups in total. The number of benzene rings is 1. The molecule has 0 aromatic heterocycles. The summed E-state index contributed by atoms with van der Waals surface area (Å²) in [5, 5.41) is 19.3. The van der Waals surface area contributed by atoms with Crippen LogP contribution in [0.1, 0.15) is 65.2 Å². The normalized spacial score (nSPS) is 10.6. The zero-order valence-corrected chi connectivity index (χ0v) is 14.6. The molecule has 4 nitrogen and oxygen atoms in total. The lowest BCUT2D eigenvalue weighted by molar-refractivity contribution is 0.291. The first-order valence-electron chi connectivity index (χ1n) is 8.95. The highest BCUT2D eigenvalue weighted by molar-refractivity contribution is 6.60. The summed E-state index contributed by atoms with van der Waals surface area (Å²) < 4.78 is 11.5. The smallest absolute Gasteiger partial charge is 0.494 e. The molecular weight excluding hydrogens is 291 g/mol. The largest absolute Gasteiger partial charge is 0.496 e. The van der Waals surface area contributed by atoms with Gasteiger partial charge in [-0.15, -0.1) is 0 Å². The van der Waals surface area contributed by atoms with Crippen LogP contribution in [-0.4, -0.2) is 30.4 Å². The van der Waals surface area contributed by atoms with Crippen molar-refractivity contribution in [2.75, 3.05) is 13.2 Å². The molecule has 0 amide bonds. The minimum absolute atomic E-state index is 0.332. The van der Waals surface area contributed by atoms with E-state index in [4.69, 9.17) is 9.47 Å². The van der Waals surface area contributed by atoms with E-state index in [9.17, 15) is 10.0 Å². The molecule has 0 fully saturated rings. The number of rotatable bonds is 13. The van der Waals surface area contributed by atoms with Crippen molar-refractivity contribution in [3.05, 3.63) is 18.2 Å². The van der Waals surface area contributed by atoms with Gasteiger partial charge in [-0.2, -0.15) is 0 Å². The topological polar surface area (TPSA) is 58.9 Å². The molecule has 0 saturated carbocycles. The first-order chi connectivity index (χ1) is 11.2. The van der Waals surface area contributed by atoms with Crippen molar-refractivity contribution < 1.29 is 19.5 Å². The van der Waals surface area contributed by atoms with Gasteiger partial charge in [0, 0.05) is 0 Å². The van der Waals surface area contributed by atoms with Crippen molar-refractivity contribution in [2.45, 2.75) is 65.2 Å². The van der Waals surface area contributed by atoms with Crippen LogP contribution in [0, 0.1) is 0 Å². The Morgan fingerprint density at radius 2 is 1.26 bits per heavy atom. The minimum Gasteiger partial charge on any atom is -0.494 e. The van der Waals surface area contributed by atoms with E-state index >= 15 is 0 Å². The molecule has 0 aliphatic rings. The predicted molar refractivity (Wildman–Crippen MR) is 95.5 cm³/mol. The van der Waals surface area contributed by atoms with Crippen molar-refractivity contribution in [1.29, 1.82) is 0 Å². The van der Waals surface area contributed by atoms with E-state index in [2.05, 4.69) is 13.8 Å². The van der Waals surface area contributed by atoms with Crippen LogP contribution >= 0.6 is 0 Å². The zero-order chi connectivity index (χ0) is 16.9. The summed E-state index contributed by atoms with van der Waals surface area (Å²) in [6, 6.07) is 5.35. The third-order valence-corrected chi connectivity index (χ3v) is 3.80. The van der Waals surface area contributed by atoms with Gasteiger partial charge in [0.05, 0.1) is 18.7 Å². The molecule has 0 aliphatic heterocycles. The molecule has 0 atom stereocenters. The maximum absolute atomic E-state index is 9.66. The molecular formula is C18H31BO4. The van der Waals surface area contributed by atoms with Gasteiger partial charge in [0.15, 0.2) is 0 Å². The van der Waals surface area contributed by atoms with Crippen LogP contribution in [0.2, 0.25) is 0 Å². The fourth-order valence-electron chi connectivity index (χ4n) is 2.45. The van der Waals surface area contributed by atoms with Gasteiger partial charge in [0.1, 0.15) is 11.5 Å². The average molecular weight is 322 g/mol. The monoisotopic (exact) mass is 322 g/mol. The Morgan fingerprint density at radius 3 is 1.65 bits per heavy atom. The van der Waals surface area contributed by atoms with E-state index in [1.165, 1.54) is 25.7 Å². The lowest BCUT2D eigenvalue weighted by atomic mass is 9.78. The summed E-state index contributed by atoms with van der Waals surface area (Å²) in [7, 11) is -1.59. The van der Waals surface area contributed by atoms with Gasteiger partial charge < -0.3 is 19.5 Å². The van der Waals surface area contributed by atoms with Crippen molar-refractivity contribution in [2.24, 2.45) is 0 Å². The van der Waals surface area contributed by atoms with Crippen LogP contribution in [0.3, 0.4) is 0 Å². The lowest BCUT2D eigenvalue weighted by Gasteiger charge is -2.16. The second-order valence-electron chi connectivity index (χ2n) is 5.86. The Labute approximate surface area is 141 Å². The molecule has 0 saturated heterocycles. The Bertz CT molecular complexity index is 391. The molecule has 0 unspecified atom stereocenters. The standard InChI is InChI=1S/C18H31BO4/c1-3-5-7-9-14-22-16-12-11-13-17(18(16)19(20)21)23-15-10-8-6-4-2/h11-13,20-21H,3-10,14-15H2,1-2H3. The van der Waals surface area contributed by atoms with Gasteiger partial charge in [0.25, 0.3) is 0 Å². The second kappa shape index (κ2) is 12.3. The SMILES string of the molecule is CCCCCCOc1cccc(OCCCCCC)c1B(O)O. The van der Waals surface area contributed by atoms with Crippen molar-refractivity contribution in [1.82, 2.24) is 0 Å². The summed E-state index contributed by atoms with van der Waals surface area (Å²) in [5.41, 5.74) is 0.332. The molecule has 1 aromatic rings. The fraction of sp³-hybridized carbons (Fsp3) is 0.667. The number of ether oxygens (including phenoxy) is 2. The van der Waals surface area contributed by atoms with Crippen LogP contribution in [0.5, 0.6) is 11.5 Å². The maximum atomic E-state index is 9.66. The molecule has 1 rings (SSSR count).